The summed E-state index contributed by atoms with van der Waals surface area (Å²) in [6.07, 6.45) is 3.58. The lowest BCUT2D eigenvalue weighted by atomic mass is 10.0. The fraction of sp³-hybridized carbons (Fsp3) is 0.440. The van der Waals surface area contributed by atoms with Gasteiger partial charge >= 0.3 is 0 Å². The number of nitrogens with zero attached hydrogens (tertiary/aromatic N) is 3. The van der Waals surface area contributed by atoms with Crippen molar-refractivity contribution in [3.05, 3.63) is 54.1 Å². The Morgan fingerprint density at radius 1 is 1.03 bits per heavy atom. The van der Waals surface area contributed by atoms with Gasteiger partial charge in [-0.25, -0.2) is 0 Å². The predicted octanol–water partition coefficient (Wildman–Crippen LogP) is 4.20. The van der Waals surface area contributed by atoms with Crippen molar-refractivity contribution in [2.75, 3.05) is 36.2 Å². The van der Waals surface area contributed by atoms with Crippen LogP contribution in [0, 0.1) is 0 Å². The molecule has 0 aliphatic carbocycles. The third-order valence-electron chi connectivity index (χ3n) is 6.52. The standard InChI is InChI=1S/C25H29N3O3S/c1-3-31-20-13-11-19(12-14-20)28-23(29)18(2)32-25(28)21-9-5-6-10-22(21)27(24(25)30)17-26-15-7-4-8-16-26/h5-6,9-14,18H,3-4,7-8,15-17H2,1-2H3. The number of piperidine rings is 1. The molecule has 0 bridgehead atoms. The van der Waals surface area contributed by atoms with E-state index in [1.807, 2.05) is 67.3 Å². The van der Waals surface area contributed by atoms with Crippen molar-refractivity contribution >= 4 is 35.0 Å². The molecule has 0 N–H and O–H groups in total. The molecule has 2 aromatic rings. The molecule has 2 amide bonds. The third-order valence-corrected chi connectivity index (χ3v) is 7.99. The zero-order valence-corrected chi connectivity index (χ0v) is 19.4. The molecular weight excluding hydrogens is 422 g/mol. The van der Waals surface area contributed by atoms with Crippen LogP contribution in [0.5, 0.6) is 5.75 Å². The molecule has 0 saturated carbocycles. The molecule has 2 fully saturated rings. The minimum absolute atomic E-state index is 0.0270. The van der Waals surface area contributed by atoms with E-state index >= 15 is 0 Å². The van der Waals surface area contributed by atoms with E-state index in [9.17, 15) is 9.59 Å². The van der Waals surface area contributed by atoms with Gasteiger partial charge in [0, 0.05) is 11.3 Å². The van der Waals surface area contributed by atoms with Gasteiger partial charge in [-0.1, -0.05) is 24.6 Å². The van der Waals surface area contributed by atoms with Gasteiger partial charge < -0.3 is 4.74 Å². The number of likely N-dealkylation sites (tertiary alicyclic amines) is 1. The number of carbonyl (C=O) groups is 2. The van der Waals surface area contributed by atoms with Crippen LogP contribution in [0.3, 0.4) is 0 Å². The van der Waals surface area contributed by atoms with E-state index in [0.717, 1.165) is 48.6 Å². The summed E-state index contributed by atoms with van der Waals surface area (Å²) < 4.78 is 5.58. The molecule has 3 aliphatic heterocycles. The Hall–Kier alpha value is -2.51. The van der Waals surface area contributed by atoms with Gasteiger partial charge in [0.25, 0.3) is 5.91 Å². The number of benzene rings is 2. The maximum Gasteiger partial charge on any atom is 0.269 e. The van der Waals surface area contributed by atoms with Crippen molar-refractivity contribution in [2.24, 2.45) is 0 Å². The first-order chi connectivity index (χ1) is 15.6. The van der Waals surface area contributed by atoms with Crippen LogP contribution in [-0.2, 0) is 14.5 Å². The van der Waals surface area contributed by atoms with Crippen LogP contribution >= 0.6 is 11.8 Å². The Balaban J connectivity index is 1.57. The summed E-state index contributed by atoms with van der Waals surface area (Å²) in [7, 11) is 0. The fourth-order valence-corrected chi connectivity index (χ4v) is 6.57. The monoisotopic (exact) mass is 451 g/mol. The van der Waals surface area contributed by atoms with Crippen molar-refractivity contribution in [3.63, 3.8) is 0 Å². The molecule has 2 saturated heterocycles. The van der Waals surface area contributed by atoms with Crippen molar-refractivity contribution in [1.29, 1.82) is 0 Å². The molecule has 2 atom stereocenters. The largest absolute Gasteiger partial charge is 0.494 e. The highest BCUT2D eigenvalue weighted by Crippen LogP contribution is 2.57. The van der Waals surface area contributed by atoms with Crippen LogP contribution in [-0.4, -0.2) is 48.3 Å². The van der Waals surface area contributed by atoms with E-state index < -0.39 is 4.87 Å². The molecule has 5 rings (SSSR count). The van der Waals surface area contributed by atoms with E-state index in [-0.39, 0.29) is 17.1 Å². The third kappa shape index (κ3) is 3.30. The second-order valence-corrected chi connectivity index (χ2v) is 10.1. The van der Waals surface area contributed by atoms with Crippen molar-refractivity contribution < 1.29 is 14.3 Å². The highest BCUT2D eigenvalue weighted by Gasteiger charge is 2.63. The smallest absolute Gasteiger partial charge is 0.269 e. The molecule has 0 radical (unpaired) electrons. The average molecular weight is 452 g/mol. The lowest BCUT2D eigenvalue weighted by Gasteiger charge is -2.35. The molecule has 2 aromatic carbocycles. The molecule has 2 unspecified atom stereocenters. The molecule has 168 valence electrons. The van der Waals surface area contributed by atoms with Gasteiger partial charge in [0.2, 0.25) is 10.8 Å². The van der Waals surface area contributed by atoms with Crippen molar-refractivity contribution in [1.82, 2.24) is 4.90 Å². The number of ether oxygens (including phenoxy) is 1. The van der Waals surface area contributed by atoms with Gasteiger partial charge in [-0.2, -0.15) is 0 Å². The number of rotatable bonds is 5. The number of para-hydroxylation sites is 1. The summed E-state index contributed by atoms with van der Waals surface area (Å²) in [5.41, 5.74) is 2.53. The van der Waals surface area contributed by atoms with Crippen molar-refractivity contribution in [2.45, 2.75) is 43.2 Å². The quantitative estimate of drug-likeness (QED) is 0.682. The lowest BCUT2D eigenvalue weighted by molar-refractivity contribution is -0.124. The van der Waals surface area contributed by atoms with Gasteiger partial charge in [-0.05, 0) is 70.1 Å². The summed E-state index contributed by atoms with van der Waals surface area (Å²) in [6.45, 7) is 6.99. The zero-order chi connectivity index (χ0) is 22.3. The average Bonchev–Trinajstić information content (AvgIpc) is 3.21. The molecule has 32 heavy (non-hydrogen) atoms. The number of thioether (sulfide) groups is 1. The van der Waals surface area contributed by atoms with Gasteiger partial charge in [-0.3, -0.25) is 24.3 Å². The maximum atomic E-state index is 14.2. The molecule has 0 aromatic heterocycles. The number of fused-ring (bicyclic) bond motifs is 2. The summed E-state index contributed by atoms with van der Waals surface area (Å²) in [5, 5.41) is -0.312. The molecule has 3 heterocycles. The van der Waals surface area contributed by atoms with E-state index in [0.29, 0.717) is 13.3 Å². The SMILES string of the molecule is CCOc1ccc(N2C(=O)C(C)SC23C(=O)N(CN2CCCCC2)c2ccccc23)cc1. The predicted molar refractivity (Wildman–Crippen MR) is 128 cm³/mol. The molecule has 6 nitrogen and oxygen atoms in total. The number of carbonyl (C=O) groups excluding carboxylic acids is 2. The van der Waals surface area contributed by atoms with Gasteiger partial charge in [0.05, 0.1) is 24.2 Å². The summed E-state index contributed by atoms with van der Waals surface area (Å²) in [5.74, 6) is 0.686. The number of hydrogen-bond acceptors (Lipinski definition) is 5. The molecule has 1 spiro atoms. The van der Waals surface area contributed by atoms with E-state index in [1.54, 1.807) is 4.90 Å². The second kappa shape index (κ2) is 8.45. The first-order valence-corrected chi connectivity index (χ1v) is 12.3. The van der Waals surface area contributed by atoms with E-state index in [2.05, 4.69) is 4.90 Å². The Kier molecular flexibility index (Phi) is 5.63. The Bertz CT molecular complexity index is 1020. The van der Waals surface area contributed by atoms with Crippen LogP contribution in [0.15, 0.2) is 48.5 Å². The van der Waals surface area contributed by atoms with Crippen molar-refractivity contribution in [3.8, 4) is 5.75 Å². The van der Waals surface area contributed by atoms with Gasteiger partial charge in [0.15, 0.2) is 0 Å². The van der Waals surface area contributed by atoms with Crippen LogP contribution in [0.25, 0.3) is 0 Å². The van der Waals surface area contributed by atoms with Crippen LogP contribution in [0.1, 0.15) is 38.7 Å². The van der Waals surface area contributed by atoms with Gasteiger partial charge in [0.1, 0.15) is 5.75 Å². The minimum atomic E-state index is -1.07. The maximum absolute atomic E-state index is 14.2. The summed E-state index contributed by atoms with van der Waals surface area (Å²) in [4.78, 5) is 32.5. The summed E-state index contributed by atoms with van der Waals surface area (Å²) in [6, 6.07) is 15.4. The van der Waals surface area contributed by atoms with Gasteiger partial charge in [-0.15, -0.1) is 11.8 Å². The van der Waals surface area contributed by atoms with E-state index in [4.69, 9.17) is 4.74 Å². The lowest BCUT2D eigenvalue weighted by Crippen LogP contribution is -2.52. The molecule has 7 heteroatoms. The van der Waals surface area contributed by atoms with Crippen LogP contribution in [0.4, 0.5) is 11.4 Å². The summed E-state index contributed by atoms with van der Waals surface area (Å²) >= 11 is 1.45. The van der Waals surface area contributed by atoms with Crippen LogP contribution in [0.2, 0.25) is 0 Å². The Morgan fingerprint density at radius 3 is 2.47 bits per heavy atom. The van der Waals surface area contributed by atoms with Crippen LogP contribution < -0.4 is 14.5 Å². The topological polar surface area (TPSA) is 53.1 Å². The first-order valence-electron chi connectivity index (χ1n) is 11.4. The highest BCUT2D eigenvalue weighted by molar-refractivity contribution is 8.03. The fourth-order valence-electron chi connectivity index (χ4n) is 5.04. The van der Waals surface area contributed by atoms with E-state index in [1.165, 1.54) is 18.2 Å². The molecule has 3 aliphatic rings. The second-order valence-electron chi connectivity index (χ2n) is 8.58. The number of amides is 2. The number of hydrogen-bond donors (Lipinski definition) is 0. The highest BCUT2D eigenvalue weighted by atomic mass is 32.2. The minimum Gasteiger partial charge on any atom is -0.494 e. The zero-order valence-electron chi connectivity index (χ0n) is 18.6. The normalized spacial score (nSPS) is 25.6. The first kappa shape index (κ1) is 21.3. The number of anilines is 2. The molecular formula is C25H29N3O3S. The Labute approximate surface area is 193 Å². The Morgan fingerprint density at radius 2 is 1.75 bits per heavy atom.